The molecule has 0 aromatic carbocycles. The summed E-state index contributed by atoms with van der Waals surface area (Å²) in [5.74, 6) is -1.26. The number of hydrogen-bond acceptors (Lipinski definition) is 12. The highest BCUT2D eigenvalue weighted by Gasteiger charge is 2.48. The third-order valence-corrected chi connectivity index (χ3v) is 4.56. The summed E-state index contributed by atoms with van der Waals surface area (Å²) in [5.41, 5.74) is 11.8. The van der Waals surface area contributed by atoms with Gasteiger partial charge in [-0.15, -0.1) is 0 Å². The molecule has 0 aliphatic carbocycles. The summed E-state index contributed by atoms with van der Waals surface area (Å²) in [7, 11) is 0. The van der Waals surface area contributed by atoms with Crippen molar-refractivity contribution in [1.29, 1.82) is 0 Å². The third-order valence-electron chi connectivity index (χ3n) is 4.56. The first-order valence-corrected chi connectivity index (χ1v) is 8.89. The average molecular weight is 408 g/mol. The molecule has 0 radical (unpaired) electrons. The summed E-state index contributed by atoms with van der Waals surface area (Å²) in [4.78, 5) is 22.5. The number of carbonyl (C=O) groups is 2. The molecule has 2 aliphatic rings. The Labute approximate surface area is 161 Å². The number of carbonyl (C=O) groups excluding carboxylic acids is 2. The molecule has 2 aliphatic heterocycles. The van der Waals surface area contributed by atoms with E-state index in [2.05, 4.69) is 0 Å². The summed E-state index contributed by atoms with van der Waals surface area (Å²) < 4.78 is 26.6. The van der Waals surface area contributed by atoms with Gasteiger partial charge in [-0.25, -0.2) is 0 Å². The van der Waals surface area contributed by atoms with Crippen molar-refractivity contribution in [3.8, 4) is 0 Å². The highest BCUT2D eigenvalue weighted by Crippen LogP contribution is 2.28. The van der Waals surface area contributed by atoms with Crippen molar-refractivity contribution in [3.05, 3.63) is 0 Å². The fourth-order valence-electron chi connectivity index (χ4n) is 3.12. The number of hydrogen-bond donors (Lipinski definition) is 5. The molecular weight excluding hydrogens is 380 g/mol. The van der Waals surface area contributed by atoms with E-state index in [1.165, 1.54) is 6.92 Å². The van der Waals surface area contributed by atoms with Crippen LogP contribution in [0.5, 0.6) is 0 Å². The van der Waals surface area contributed by atoms with E-state index in [4.69, 9.17) is 35.2 Å². The first kappa shape index (κ1) is 22.9. The Hall–Kier alpha value is -1.38. The molecule has 162 valence electrons. The molecule has 2 fully saturated rings. The van der Waals surface area contributed by atoms with Crippen LogP contribution in [-0.4, -0.2) is 95.7 Å². The Morgan fingerprint density at radius 1 is 1.11 bits per heavy atom. The molecule has 0 spiro atoms. The van der Waals surface area contributed by atoms with Gasteiger partial charge in [-0.05, 0) is 6.42 Å². The SMILES string of the molecule is CC(=O)OCC1O[C@@H](O[C@H]2CC(N)[C@H](O)OC2CO)C(N)C(OC(C)=O)[C@@H]1O. The molecule has 7 N–H and O–H groups in total. The highest BCUT2D eigenvalue weighted by atomic mass is 16.7. The molecule has 12 nitrogen and oxygen atoms in total. The van der Waals surface area contributed by atoms with Gasteiger partial charge in [0.1, 0.15) is 24.9 Å². The van der Waals surface area contributed by atoms with Gasteiger partial charge in [-0.1, -0.05) is 0 Å². The molecule has 0 bridgehead atoms. The minimum atomic E-state index is -1.36. The maximum absolute atomic E-state index is 11.4. The second-order valence-electron chi connectivity index (χ2n) is 6.81. The number of aliphatic hydroxyl groups is 3. The average Bonchev–Trinajstić information content (AvgIpc) is 2.62. The van der Waals surface area contributed by atoms with Crippen LogP contribution in [0.25, 0.3) is 0 Å². The van der Waals surface area contributed by atoms with Crippen molar-refractivity contribution in [3.63, 3.8) is 0 Å². The van der Waals surface area contributed by atoms with Crippen molar-refractivity contribution < 1.29 is 48.6 Å². The number of esters is 2. The lowest BCUT2D eigenvalue weighted by Crippen LogP contribution is -2.65. The maximum Gasteiger partial charge on any atom is 0.303 e. The summed E-state index contributed by atoms with van der Waals surface area (Å²) in [6.07, 6.45) is -7.63. The molecule has 5 unspecified atom stereocenters. The van der Waals surface area contributed by atoms with E-state index in [0.717, 1.165) is 6.92 Å². The van der Waals surface area contributed by atoms with Crippen molar-refractivity contribution in [2.75, 3.05) is 13.2 Å². The maximum atomic E-state index is 11.4. The molecule has 12 heteroatoms. The van der Waals surface area contributed by atoms with Crippen LogP contribution in [0, 0.1) is 0 Å². The van der Waals surface area contributed by atoms with Crippen LogP contribution in [0.2, 0.25) is 0 Å². The van der Waals surface area contributed by atoms with Crippen LogP contribution in [0.15, 0.2) is 0 Å². The van der Waals surface area contributed by atoms with Gasteiger partial charge in [0.05, 0.1) is 24.8 Å². The second kappa shape index (κ2) is 9.89. The van der Waals surface area contributed by atoms with Gasteiger partial charge in [0, 0.05) is 13.8 Å². The van der Waals surface area contributed by atoms with Crippen molar-refractivity contribution in [2.24, 2.45) is 11.5 Å². The van der Waals surface area contributed by atoms with Crippen molar-refractivity contribution in [1.82, 2.24) is 0 Å². The molecule has 0 aromatic heterocycles. The Bertz CT molecular complexity index is 550. The topological polar surface area (TPSA) is 193 Å². The van der Waals surface area contributed by atoms with Crippen LogP contribution in [-0.2, 0) is 33.3 Å². The van der Waals surface area contributed by atoms with E-state index < -0.39 is 73.7 Å². The Morgan fingerprint density at radius 3 is 2.36 bits per heavy atom. The third kappa shape index (κ3) is 5.58. The zero-order valence-electron chi connectivity index (χ0n) is 15.7. The van der Waals surface area contributed by atoms with Crippen LogP contribution in [0.1, 0.15) is 20.3 Å². The van der Waals surface area contributed by atoms with Crippen LogP contribution >= 0.6 is 0 Å². The number of nitrogens with two attached hydrogens (primary N) is 2. The van der Waals surface area contributed by atoms with Gasteiger partial charge in [0.25, 0.3) is 0 Å². The zero-order valence-corrected chi connectivity index (χ0v) is 15.7. The van der Waals surface area contributed by atoms with Gasteiger partial charge in [0.15, 0.2) is 18.7 Å². The minimum Gasteiger partial charge on any atom is -0.463 e. The lowest BCUT2D eigenvalue weighted by atomic mass is 9.96. The minimum absolute atomic E-state index is 0.133. The molecule has 2 heterocycles. The van der Waals surface area contributed by atoms with Gasteiger partial charge >= 0.3 is 11.9 Å². The number of rotatable bonds is 6. The number of aliphatic hydroxyl groups excluding tert-OH is 3. The first-order valence-electron chi connectivity index (χ1n) is 8.89. The molecule has 0 amide bonds. The van der Waals surface area contributed by atoms with Gasteiger partial charge in [-0.3, -0.25) is 9.59 Å². The standard InChI is InChI=1S/C16H28N2O10/c1-6(20)24-5-11-13(22)14(25-7(2)21)12(18)16(28-11)27-9-3-8(17)15(23)26-10(9)4-19/h8-16,19,22-23H,3-5,17-18H2,1-2H3/t8?,9-,10?,11?,12?,13+,14?,15+,16+/m0/s1. The van der Waals surface area contributed by atoms with Crippen molar-refractivity contribution >= 4 is 11.9 Å². The summed E-state index contributed by atoms with van der Waals surface area (Å²) in [6, 6.07) is -1.85. The summed E-state index contributed by atoms with van der Waals surface area (Å²) in [5, 5.41) is 29.6. The quantitative estimate of drug-likeness (QED) is 0.275. The van der Waals surface area contributed by atoms with Gasteiger partial charge in [0.2, 0.25) is 0 Å². The Morgan fingerprint density at radius 2 is 1.79 bits per heavy atom. The Balaban J connectivity index is 2.15. The number of ether oxygens (including phenoxy) is 5. The largest absolute Gasteiger partial charge is 0.463 e. The fraction of sp³-hybridized carbons (Fsp3) is 0.875. The van der Waals surface area contributed by atoms with E-state index in [1.54, 1.807) is 0 Å². The first-order chi connectivity index (χ1) is 13.1. The second-order valence-corrected chi connectivity index (χ2v) is 6.81. The molecule has 9 atom stereocenters. The fourth-order valence-corrected chi connectivity index (χ4v) is 3.12. The van der Waals surface area contributed by atoms with Crippen LogP contribution in [0.4, 0.5) is 0 Å². The lowest BCUT2D eigenvalue weighted by molar-refractivity contribution is -0.308. The van der Waals surface area contributed by atoms with Crippen LogP contribution < -0.4 is 11.5 Å². The van der Waals surface area contributed by atoms with Gasteiger partial charge < -0.3 is 50.5 Å². The zero-order chi connectivity index (χ0) is 21.0. The monoisotopic (exact) mass is 408 g/mol. The highest BCUT2D eigenvalue weighted by molar-refractivity contribution is 5.66. The predicted octanol–water partition coefficient (Wildman–Crippen LogP) is -3.29. The van der Waals surface area contributed by atoms with Gasteiger partial charge in [-0.2, -0.15) is 0 Å². The predicted molar refractivity (Wildman–Crippen MR) is 90.3 cm³/mol. The molecule has 0 saturated carbocycles. The van der Waals surface area contributed by atoms with Crippen LogP contribution in [0.3, 0.4) is 0 Å². The molecular formula is C16H28N2O10. The summed E-state index contributed by atoms with van der Waals surface area (Å²) in [6.45, 7) is 1.58. The van der Waals surface area contributed by atoms with E-state index in [1.807, 2.05) is 0 Å². The van der Waals surface area contributed by atoms with E-state index in [-0.39, 0.29) is 13.0 Å². The molecule has 0 aromatic rings. The van der Waals surface area contributed by atoms with E-state index >= 15 is 0 Å². The van der Waals surface area contributed by atoms with E-state index in [9.17, 15) is 24.9 Å². The molecule has 2 saturated heterocycles. The Kier molecular flexibility index (Phi) is 8.09. The molecule has 2 rings (SSSR count). The smallest absolute Gasteiger partial charge is 0.303 e. The lowest BCUT2D eigenvalue weighted by Gasteiger charge is -2.45. The molecule has 28 heavy (non-hydrogen) atoms. The summed E-state index contributed by atoms with van der Waals surface area (Å²) >= 11 is 0. The van der Waals surface area contributed by atoms with E-state index in [0.29, 0.717) is 0 Å². The normalized spacial score (nSPS) is 41.3. The van der Waals surface area contributed by atoms with Crippen molar-refractivity contribution in [2.45, 2.75) is 75.5 Å².